The van der Waals surface area contributed by atoms with Crippen molar-refractivity contribution in [1.82, 2.24) is 10.6 Å². The normalized spacial score (nSPS) is 35.9. The van der Waals surface area contributed by atoms with Crippen molar-refractivity contribution < 1.29 is 35.1 Å². The van der Waals surface area contributed by atoms with E-state index in [1.165, 1.54) is 11.1 Å². The second-order valence-electron chi connectivity index (χ2n) is 17.4. The van der Waals surface area contributed by atoms with Gasteiger partial charge in [-0.15, -0.1) is 0 Å². The Labute approximate surface area is 335 Å². The number of allylic oxidation sites excluding steroid dienone is 9. The number of carbonyl (C=O) groups is 1. The molecule has 56 heavy (non-hydrogen) atoms. The van der Waals surface area contributed by atoms with Crippen LogP contribution in [0, 0.1) is 35.0 Å². The highest BCUT2D eigenvalue weighted by atomic mass is 16.5. The molecule has 0 amide bonds. The Kier molecular flexibility index (Phi) is 15.1. The minimum Gasteiger partial charge on any atom is -0.396 e. The molecule has 1 aliphatic heterocycles. The van der Waals surface area contributed by atoms with Gasteiger partial charge in [-0.3, -0.25) is 10.1 Å². The van der Waals surface area contributed by atoms with Gasteiger partial charge in [0.1, 0.15) is 12.5 Å². The first-order valence-corrected chi connectivity index (χ1v) is 20.7. The minimum absolute atomic E-state index is 0.0435. The average molecular weight is 773 g/mol. The molecule has 2 saturated carbocycles. The van der Waals surface area contributed by atoms with Gasteiger partial charge < -0.3 is 35.6 Å². The fourth-order valence-corrected chi connectivity index (χ4v) is 10.7. The Morgan fingerprint density at radius 3 is 2.62 bits per heavy atom. The van der Waals surface area contributed by atoms with Crippen LogP contribution in [0.4, 0.5) is 0 Å². The van der Waals surface area contributed by atoms with Crippen LogP contribution in [0.15, 0.2) is 95.2 Å². The van der Waals surface area contributed by atoms with E-state index in [1.54, 1.807) is 7.11 Å². The van der Waals surface area contributed by atoms with Gasteiger partial charge in [0.15, 0.2) is 0 Å². The molecule has 10 unspecified atom stereocenters. The van der Waals surface area contributed by atoms with Crippen LogP contribution in [0.2, 0.25) is 0 Å². The Hall–Kier alpha value is -2.99. The van der Waals surface area contributed by atoms with Gasteiger partial charge in [0.2, 0.25) is 0 Å². The molecular weight excluding hydrogens is 705 g/mol. The van der Waals surface area contributed by atoms with Crippen molar-refractivity contribution in [3.05, 3.63) is 106 Å². The third-order valence-corrected chi connectivity index (χ3v) is 13.8. The summed E-state index contributed by atoms with van der Waals surface area (Å²) in [7, 11) is 3.55. The summed E-state index contributed by atoms with van der Waals surface area (Å²) in [5.41, 5.74) is 3.88. The molecule has 4 aliphatic rings. The van der Waals surface area contributed by atoms with Crippen LogP contribution >= 0.6 is 0 Å². The Morgan fingerprint density at radius 1 is 1.16 bits per heavy atom. The van der Waals surface area contributed by atoms with Gasteiger partial charge in [-0.1, -0.05) is 78.4 Å². The lowest BCUT2D eigenvalue weighted by atomic mass is 9.45. The van der Waals surface area contributed by atoms with Crippen molar-refractivity contribution in [2.75, 3.05) is 40.5 Å². The second kappa shape index (κ2) is 19.2. The number of methoxy groups -OCH3 is 1. The van der Waals surface area contributed by atoms with Crippen molar-refractivity contribution in [2.24, 2.45) is 35.0 Å². The Balaban J connectivity index is 1.43. The molecule has 0 aromatic heterocycles. The number of rotatable bonds is 14. The highest BCUT2D eigenvalue weighted by Gasteiger charge is 2.68. The molecule has 1 aromatic rings. The van der Waals surface area contributed by atoms with E-state index in [9.17, 15) is 30.3 Å². The van der Waals surface area contributed by atoms with Crippen LogP contribution in [-0.4, -0.2) is 95.8 Å². The molecule has 308 valence electrons. The van der Waals surface area contributed by atoms with E-state index < -0.39 is 29.3 Å². The highest BCUT2D eigenvalue weighted by Crippen LogP contribution is 2.67. The number of hydrogen-bond donors (Lipinski definition) is 7. The lowest BCUT2D eigenvalue weighted by Crippen LogP contribution is -2.65. The number of benzene rings is 1. The summed E-state index contributed by atoms with van der Waals surface area (Å²) in [6.07, 6.45) is 16.5. The molecule has 9 heteroatoms. The van der Waals surface area contributed by atoms with Crippen LogP contribution in [0.25, 0.3) is 0 Å². The van der Waals surface area contributed by atoms with Crippen LogP contribution in [-0.2, 0) is 22.4 Å². The molecule has 9 nitrogen and oxygen atoms in total. The molecule has 1 aromatic carbocycles. The molecule has 1 spiro atoms. The molecule has 3 aliphatic carbocycles. The highest BCUT2D eigenvalue weighted by molar-refractivity contribution is 5.74. The molecular formula is C47H68N2O7. The summed E-state index contributed by atoms with van der Waals surface area (Å²) >= 11 is 0. The summed E-state index contributed by atoms with van der Waals surface area (Å²) in [4.78, 5) is 12.3. The van der Waals surface area contributed by atoms with Gasteiger partial charge in [0.25, 0.3) is 0 Å². The van der Waals surface area contributed by atoms with Gasteiger partial charge >= 0.3 is 0 Å². The third kappa shape index (κ3) is 9.16. The fourth-order valence-electron chi connectivity index (χ4n) is 10.7. The predicted molar refractivity (Wildman–Crippen MR) is 223 cm³/mol. The van der Waals surface area contributed by atoms with Crippen molar-refractivity contribution >= 4 is 6.29 Å². The van der Waals surface area contributed by atoms with Gasteiger partial charge in [0, 0.05) is 43.1 Å². The molecule has 4 bridgehead atoms. The third-order valence-electron chi connectivity index (χ3n) is 13.8. The number of carbonyl (C=O) groups excluding carboxylic acids is 1. The maximum absolute atomic E-state index is 12.8. The molecule has 5 rings (SSSR count). The average Bonchev–Trinajstić information content (AvgIpc) is 3.52. The first-order valence-electron chi connectivity index (χ1n) is 20.7. The summed E-state index contributed by atoms with van der Waals surface area (Å²) in [5, 5.41) is 64.2. The Bertz CT molecular complexity index is 1700. The molecule has 1 heterocycles. The summed E-state index contributed by atoms with van der Waals surface area (Å²) < 4.78 is 5.40. The minimum atomic E-state index is -1.24. The smallest absolute Gasteiger partial charge is 0.145 e. The topological polar surface area (TPSA) is 152 Å². The zero-order chi connectivity index (χ0) is 40.7. The van der Waals surface area contributed by atoms with Crippen LogP contribution in [0.1, 0.15) is 76.8 Å². The maximum Gasteiger partial charge on any atom is 0.145 e. The van der Waals surface area contributed by atoms with E-state index in [4.69, 9.17) is 4.74 Å². The number of nitrogens with one attached hydrogen (secondary N) is 2. The van der Waals surface area contributed by atoms with Crippen LogP contribution in [0.3, 0.4) is 0 Å². The van der Waals surface area contributed by atoms with Gasteiger partial charge in [-0.25, -0.2) is 0 Å². The maximum atomic E-state index is 12.8. The zero-order valence-electron chi connectivity index (χ0n) is 34.3. The van der Waals surface area contributed by atoms with E-state index in [-0.39, 0.29) is 42.4 Å². The number of ether oxygens (including phenoxy) is 1. The van der Waals surface area contributed by atoms with E-state index in [0.29, 0.717) is 62.8 Å². The van der Waals surface area contributed by atoms with Crippen molar-refractivity contribution in [3.8, 4) is 0 Å². The summed E-state index contributed by atoms with van der Waals surface area (Å²) in [5.74, 6) is -0.960. The second-order valence-corrected chi connectivity index (χ2v) is 17.4. The Morgan fingerprint density at radius 2 is 1.93 bits per heavy atom. The molecule has 10 atom stereocenters. The quantitative estimate of drug-likeness (QED) is 0.0580. The van der Waals surface area contributed by atoms with E-state index in [2.05, 4.69) is 66.6 Å². The largest absolute Gasteiger partial charge is 0.396 e. The van der Waals surface area contributed by atoms with Crippen LogP contribution < -0.4 is 10.6 Å². The van der Waals surface area contributed by atoms with Gasteiger partial charge in [-0.05, 0) is 138 Å². The SMILES string of the molecule is C=C(C=CC=C(CO)C1CCC2(C1O)C1C(=C(C)C=O)C(C=CC1CCO)CC2(O)CCNC)C1CC=C(C)C(O)NC(C)(CCOC)Cc2cccc(c2)C1. The lowest BCUT2D eigenvalue weighted by Gasteiger charge is -2.61. The van der Waals surface area contributed by atoms with Gasteiger partial charge in [0.05, 0.1) is 18.3 Å². The molecule has 7 N–H and O–H groups in total. The molecule has 2 fully saturated rings. The molecule has 0 radical (unpaired) electrons. The zero-order valence-corrected chi connectivity index (χ0v) is 34.3. The van der Waals surface area contributed by atoms with Crippen molar-refractivity contribution in [1.29, 1.82) is 0 Å². The van der Waals surface area contributed by atoms with E-state index >= 15 is 0 Å². The van der Waals surface area contributed by atoms with Crippen molar-refractivity contribution in [3.63, 3.8) is 0 Å². The number of aliphatic hydroxyl groups excluding tert-OH is 4. The fraction of sp³-hybridized carbons (Fsp3) is 0.596. The number of aldehydes is 1. The standard InChI is InChI=1S/C47H68N2O7/c1-31(37-14-13-32(2)44(54)49-45(4,21-24-56-6)27-35-11-8-10-34(25-35)26-37)9-7-12-39(30-52)40-17-19-47(43(40)53)42-36(18-23-50)15-16-38(41(42)33(3)29-51)28-46(47,55)20-22-48-5/h7-13,15-16,25,29,36-38,40,42-44,48-50,52-55H,1,14,17-24,26-28,30H2,2-6H3. The summed E-state index contributed by atoms with van der Waals surface area (Å²) in [6, 6.07) is 8.63. The van der Waals surface area contributed by atoms with Gasteiger partial charge in [-0.2, -0.15) is 0 Å². The molecule has 0 saturated heterocycles. The first kappa shape index (κ1) is 44.1. The lowest BCUT2D eigenvalue weighted by molar-refractivity contribution is -0.194. The predicted octanol–water partition coefficient (Wildman–Crippen LogP) is 5.29. The summed E-state index contributed by atoms with van der Waals surface area (Å²) in [6.45, 7) is 11.2. The van der Waals surface area contributed by atoms with Crippen molar-refractivity contribution in [2.45, 2.75) is 102 Å². The first-order chi connectivity index (χ1) is 26.8. The number of fused-ring (bicyclic) bond motifs is 5. The number of aliphatic hydroxyl groups is 5. The monoisotopic (exact) mass is 773 g/mol. The number of hydrogen-bond acceptors (Lipinski definition) is 9. The van der Waals surface area contributed by atoms with E-state index in [0.717, 1.165) is 42.3 Å². The van der Waals surface area contributed by atoms with E-state index in [1.807, 2.05) is 39.1 Å². The van der Waals surface area contributed by atoms with Crippen LogP contribution in [0.5, 0.6) is 0 Å².